The fourth-order valence-electron chi connectivity index (χ4n) is 10.2. The van der Waals surface area contributed by atoms with Crippen LogP contribution in [0.2, 0.25) is 0 Å². The van der Waals surface area contributed by atoms with Gasteiger partial charge in [0.15, 0.2) is 0 Å². The van der Waals surface area contributed by atoms with Crippen molar-refractivity contribution in [3.8, 4) is 11.1 Å². The van der Waals surface area contributed by atoms with Crippen LogP contribution in [0.3, 0.4) is 0 Å². The zero-order valence-electron chi connectivity index (χ0n) is 31.8. The molecule has 11 aromatic rings. The largest absolute Gasteiger partial charge is 0.310 e. The molecule has 11 aromatic carbocycles. The minimum atomic E-state index is -0.450. The topological polar surface area (TPSA) is 3.24 Å². The first kappa shape index (κ1) is 32.7. The van der Waals surface area contributed by atoms with E-state index in [-0.39, 0.29) is 0 Å². The minimum Gasteiger partial charge on any atom is -0.310 e. The maximum Gasteiger partial charge on any atom is 0.0713 e. The first-order valence-electron chi connectivity index (χ1n) is 20.2. The van der Waals surface area contributed by atoms with Gasteiger partial charge in [-0.25, -0.2) is 0 Å². The van der Waals surface area contributed by atoms with Gasteiger partial charge in [-0.15, -0.1) is 0 Å². The highest BCUT2D eigenvalue weighted by molar-refractivity contribution is 6.27. The van der Waals surface area contributed by atoms with E-state index in [0.29, 0.717) is 0 Å². The van der Waals surface area contributed by atoms with Crippen LogP contribution in [0.25, 0.3) is 65.0 Å². The maximum absolute atomic E-state index is 2.44. The zero-order chi connectivity index (χ0) is 38.2. The molecule has 0 saturated heterocycles. The number of hydrogen-bond acceptors (Lipinski definition) is 1. The Hall–Kier alpha value is -7.48. The zero-order valence-corrected chi connectivity index (χ0v) is 31.8. The molecule has 1 aliphatic rings. The third-order valence-electron chi connectivity index (χ3n) is 12.7. The van der Waals surface area contributed by atoms with Gasteiger partial charge in [-0.05, 0) is 112 Å². The molecule has 1 nitrogen and oxygen atoms in total. The second-order valence-electron chi connectivity index (χ2n) is 15.6. The average molecular weight is 736 g/mol. The van der Waals surface area contributed by atoms with Crippen LogP contribution in [0.5, 0.6) is 0 Å². The Balaban J connectivity index is 1.08. The molecule has 0 bridgehead atoms. The summed E-state index contributed by atoms with van der Waals surface area (Å²) in [4.78, 5) is 2.44. The summed E-state index contributed by atoms with van der Waals surface area (Å²) in [5, 5.41) is 12.6. The predicted octanol–water partition coefficient (Wildman–Crippen LogP) is 15.3. The van der Waals surface area contributed by atoms with E-state index >= 15 is 0 Å². The maximum atomic E-state index is 2.44. The van der Waals surface area contributed by atoms with Crippen molar-refractivity contribution in [1.29, 1.82) is 0 Å². The van der Waals surface area contributed by atoms with E-state index in [1.165, 1.54) is 87.2 Å². The second kappa shape index (κ2) is 12.8. The fourth-order valence-corrected chi connectivity index (χ4v) is 10.2. The number of benzene rings is 11. The number of hydrogen-bond donors (Lipinski definition) is 0. The molecule has 0 aliphatic heterocycles. The molecule has 1 heteroatoms. The fraction of sp³-hybridized carbons (Fsp3) is 0.0175. The Morgan fingerprint density at radius 3 is 1.47 bits per heavy atom. The lowest BCUT2D eigenvalue weighted by Gasteiger charge is -2.34. The molecule has 0 amide bonds. The van der Waals surface area contributed by atoms with Crippen LogP contribution in [-0.2, 0) is 5.41 Å². The van der Waals surface area contributed by atoms with Gasteiger partial charge in [0.05, 0.1) is 11.1 Å². The van der Waals surface area contributed by atoms with Crippen LogP contribution in [0.1, 0.15) is 22.3 Å². The van der Waals surface area contributed by atoms with Crippen molar-refractivity contribution >= 4 is 70.9 Å². The molecular formula is C57H37N. The summed E-state index contributed by atoms with van der Waals surface area (Å²) in [5.74, 6) is 0. The summed E-state index contributed by atoms with van der Waals surface area (Å²) in [5.41, 5.74) is 10.7. The van der Waals surface area contributed by atoms with Gasteiger partial charge >= 0.3 is 0 Å². The third kappa shape index (κ3) is 4.71. The summed E-state index contributed by atoms with van der Waals surface area (Å²) >= 11 is 0. The lowest BCUT2D eigenvalue weighted by molar-refractivity contribution is 0.768. The van der Waals surface area contributed by atoms with Crippen molar-refractivity contribution in [1.82, 2.24) is 0 Å². The Morgan fingerprint density at radius 2 is 0.776 bits per heavy atom. The Kier molecular flexibility index (Phi) is 7.21. The summed E-state index contributed by atoms with van der Waals surface area (Å²) in [6, 6.07) is 83.2. The Bertz CT molecular complexity index is 3340. The molecule has 0 fully saturated rings. The van der Waals surface area contributed by atoms with Gasteiger partial charge in [-0.3, -0.25) is 0 Å². The van der Waals surface area contributed by atoms with Gasteiger partial charge < -0.3 is 4.90 Å². The van der Waals surface area contributed by atoms with Crippen LogP contribution in [0.4, 0.5) is 17.1 Å². The summed E-state index contributed by atoms with van der Waals surface area (Å²) in [6.07, 6.45) is 0. The first-order chi connectivity index (χ1) is 28.8. The molecule has 0 N–H and O–H groups in total. The van der Waals surface area contributed by atoms with E-state index in [9.17, 15) is 0 Å². The average Bonchev–Trinajstić information content (AvgIpc) is 3.60. The van der Waals surface area contributed by atoms with Crippen LogP contribution in [0.15, 0.2) is 224 Å². The molecule has 0 saturated carbocycles. The molecule has 0 spiro atoms. The lowest BCUT2D eigenvalue weighted by atomic mass is 9.68. The van der Waals surface area contributed by atoms with Crippen LogP contribution >= 0.6 is 0 Å². The summed E-state index contributed by atoms with van der Waals surface area (Å²) in [6.45, 7) is 0. The highest BCUT2D eigenvalue weighted by Gasteiger charge is 2.45. The minimum absolute atomic E-state index is 0.450. The molecule has 0 aromatic heterocycles. The summed E-state index contributed by atoms with van der Waals surface area (Å²) in [7, 11) is 0. The summed E-state index contributed by atoms with van der Waals surface area (Å²) < 4.78 is 0. The second-order valence-corrected chi connectivity index (χ2v) is 15.6. The quantitative estimate of drug-likeness (QED) is 0.159. The molecule has 0 radical (unpaired) electrons. The van der Waals surface area contributed by atoms with Crippen molar-refractivity contribution < 1.29 is 0 Å². The van der Waals surface area contributed by atoms with E-state index in [1.807, 2.05) is 0 Å². The molecule has 58 heavy (non-hydrogen) atoms. The molecule has 0 unspecified atom stereocenters. The Labute approximate surface area is 337 Å². The Morgan fingerprint density at radius 1 is 0.293 bits per heavy atom. The van der Waals surface area contributed by atoms with Crippen LogP contribution < -0.4 is 4.90 Å². The van der Waals surface area contributed by atoms with Gasteiger partial charge in [-0.1, -0.05) is 194 Å². The smallest absolute Gasteiger partial charge is 0.0713 e. The highest BCUT2D eigenvalue weighted by atomic mass is 15.1. The van der Waals surface area contributed by atoms with Crippen molar-refractivity contribution in [3.05, 3.63) is 247 Å². The van der Waals surface area contributed by atoms with Crippen molar-refractivity contribution in [2.45, 2.75) is 5.41 Å². The van der Waals surface area contributed by atoms with E-state index in [4.69, 9.17) is 0 Å². The molecule has 270 valence electrons. The normalized spacial score (nSPS) is 13.0. The van der Waals surface area contributed by atoms with Crippen molar-refractivity contribution in [2.75, 3.05) is 4.90 Å². The monoisotopic (exact) mass is 735 g/mol. The van der Waals surface area contributed by atoms with Gasteiger partial charge in [0.1, 0.15) is 0 Å². The van der Waals surface area contributed by atoms with Crippen LogP contribution in [0, 0.1) is 0 Å². The first-order valence-corrected chi connectivity index (χ1v) is 20.2. The van der Waals surface area contributed by atoms with E-state index in [1.54, 1.807) is 0 Å². The van der Waals surface area contributed by atoms with Gasteiger partial charge in [0.2, 0.25) is 0 Å². The van der Waals surface area contributed by atoms with E-state index in [0.717, 1.165) is 17.1 Å². The number of rotatable bonds is 5. The standard InChI is InChI=1S/C57H37N/c1-2-16-43(17-3-1)57(52-22-10-8-20-50(52)51-21-9-11-23-53(51)57)44-31-33-45(34-32-44)58(54-24-12-15-38-13-4-6-18-47(38)54)46-35-36-49-42(37-46)30-29-41-28-27-40-26-25-39-14-5-7-19-48(39)55(40)56(41)49/h1-37H. The van der Waals surface area contributed by atoms with E-state index in [2.05, 4.69) is 229 Å². The van der Waals surface area contributed by atoms with Crippen LogP contribution in [-0.4, -0.2) is 0 Å². The molecule has 12 rings (SSSR count). The van der Waals surface area contributed by atoms with Crippen molar-refractivity contribution in [3.63, 3.8) is 0 Å². The van der Waals surface area contributed by atoms with Gasteiger partial charge in [0.25, 0.3) is 0 Å². The molecule has 0 atom stereocenters. The number of nitrogens with zero attached hydrogens (tertiary/aromatic N) is 1. The van der Waals surface area contributed by atoms with Gasteiger partial charge in [-0.2, -0.15) is 0 Å². The van der Waals surface area contributed by atoms with Crippen molar-refractivity contribution in [2.24, 2.45) is 0 Å². The number of anilines is 3. The third-order valence-corrected chi connectivity index (χ3v) is 12.7. The van der Waals surface area contributed by atoms with Gasteiger partial charge in [0, 0.05) is 16.8 Å². The predicted molar refractivity (Wildman–Crippen MR) is 246 cm³/mol. The van der Waals surface area contributed by atoms with E-state index < -0.39 is 5.41 Å². The number of fused-ring (bicyclic) bond motifs is 11. The molecule has 1 aliphatic carbocycles. The SMILES string of the molecule is c1ccc(C2(c3ccc(N(c4ccc5c(ccc6ccc7ccc8ccccc8c7c65)c4)c4cccc5ccccc45)cc3)c3ccccc3-c3ccccc32)cc1. The lowest BCUT2D eigenvalue weighted by Crippen LogP contribution is -2.28. The molecule has 0 heterocycles. The molecular weight excluding hydrogens is 699 g/mol. The highest BCUT2D eigenvalue weighted by Crippen LogP contribution is 2.56.